The first-order valence-electron chi connectivity index (χ1n) is 7.40. The highest BCUT2D eigenvalue weighted by Gasteiger charge is 2.24. The summed E-state index contributed by atoms with van der Waals surface area (Å²) in [5.74, 6) is 0.306. The molecule has 22 heavy (non-hydrogen) atoms. The summed E-state index contributed by atoms with van der Waals surface area (Å²) in [4.78, 5) is 8.51. The topological polar surface area (TPSA) is 45.5 Å². The number of aliphatic imine (C=N–C) groups is 1. The van der Waals surface area contributed by atoms with E-state index in [2.05, 4.69) is 57.6 Å². The zero-order valence-corrected chi connectivity index (χ0v) is 15.0. The van der Waals surface area contributed by atoms with Crippen molar-refractivity contribution in [2.75, 3.05) is 0 Å². The van der Waals surface area contributed by atoms with Crippen LogP contribution in [0.2, 0.25) is 0 Å². The van der Waals surface area contributed by atoms with Crippen molar-refractivity contribution >= 4 is 22.7 Å². The molecule has 2 rings (SSSR count). The number of phenolic OH excluding ortho intramolecular Hbond substituents is 1. The van der Waals surface area contributed by atoms with Crippen molar-refractivity contribution in [2.24, 2.45) is 4.99 Å². The molecule has 0 bridgehead atoms. The second-order valence-electron chi connectivity index (χ2n) is 7.53. The number of rotatable bonds is 2. The maximum Gasteiger partial charge on any atom is 0.209 e. The third-order valence-corrected chi connectivity index (χ3v) is 4.23. The average molecular weight is 316 g/mol. The predicted molar refractivity (Wildman–Crippen MR) is 94.9 cm³/mol. The second-order valence-corrected chi connectivity index (χ2v) is 8.41. The number of hydrogen-bond donors (Lipinski definition) is 1. The van der Waals surface area contributed by atoms with Gasteiger partial charge < -0.3 is 5.11 Å². The molecule has 0 saturated carbocycles. The van der Waals surface area contributed by atoms with Gasteiger partial charge >= 0.3 is 0 Å². The second kappa shape index (κ2) is 5.84. The molecule has 1 N–H and O–H groups in total. The lowest BCUT2D eigenvalue weighted by Gasteiger charge is -2.26. The Kier molecular flexibility index (Phi) is 4.43. The van der Waals surface area contributed by atoms with E-state index in [1.165, 1.54) is 16.9 Å². The third-order valence-electron chi connectivity index (χ3n) is 3.55. The Morgan fingerprint density at radius 3 is 2.27 bits per heavy atom. The summed E-state index contributed by atoms with van der Waals surface area (Å²) in [5, 5.41) is 13.2. The van der Waals surface area contributed by atoms with Crippen molar-refractivity contribution in [3.8, 4) is 5.75 Å². The Bertz CT molecular complexity index is 674. The Morgan fingerprint density at radius 1 is 1.09 bits per heavy atom. The first-order valence-corrected chi connectivity index (χ1v) is 8.28. The number of phenols is 1. The largest absolute Gasteiger partial charge is 0.507 e. The summed E-state index contributed by atoms with van der Waals surface area (Å²) in [7, 11) is 0. The number of aromatic hydroxyl groups is 1. The zero-order chi connectivity index (χ0) is 16.5. The van der Waals surface area contributed by atoms with Gasteiger partial charge in [-0.05, 0) is 22.5 Å². The van der Waals surface area contributed by atoms with Crippen LogP contribution in [-0.4, -0.2) is 16.3 Å². The van der Waals surface area contributed by atoms with Crippen LogP contribution < -0.4 is 0 Å². The van der Waals surface area contributed by atoms with Crippen molar-refractivity contribution in [2.45, 2.75) is 52.4 Å². The van der Waals surface area contributed by atoms with E-state index in [4.69, 9.17) is 0 Å². The van der Waals surface area contributed by atoms with Gasteiger partial charge in [0.2, 0.25) is 5.13 Å². The summed E-state index contributed by atoms with van der Waals surface area (Å²) >= 11 is 1.48. The van der Waals surface area contributed by atoms with Gasteiger partial charge in [0.05, 0.1) is 0 Å². The summed E-state index contributed by atoms with van der Waals surface area (Å²) in [6, 6.07) is 4.12. The minimum Gasteiger partial charge on any atom is -0.507 e. The molecule has 0 unspecified atom stereocenters. The number of thiazole rings is 1. The normalized spacial score (nSPS) is 13.0. The van der Waals surface area contributed by atoms with Crippen LogP contribution in [0.25, 0.3) is 0 Å². The molecule has 0 fully saturated rings. The first-order chi connectivity index (χ1) is 10.1. The van der Waals surface area contributed by atoms with E-state index in [-0.39, 0.29) is 10.8 Å². The van der Waals surface area contributed by atoms with Crippen LogP contribution in [0.1, 0.15) is 58.2 Å². The zero-order valence-electron chi connectivity index (χ0n) is 14.1. The lowest BCUT2D eigenvalue weighted by molar-refractivity contribution is 0.444. The summed E-state index contributed by atoms with van der Waals surface area (Å²) in [6.45, 7) is 12.8. The summed E-state index contributed by atoms with van der Waals surface area (Å²) < 4.78 is 0. The monoisotopic (exact) mass is 316 g/mol. The minimum absolute atomic E-state index is 0.0114. The van der Waals surface area contributed by atoms with Gasteiger partial charge in [0, 0.05) is 28.9 Å². The SMILES string of the molecule is CC(C)(C)c1cc(/C=N/c2nccs2)c(O)c(C(C)(C)C)c1. The number of benzene rings is 1. The molecule has 118 valence electrons. The molecule has 0 aliphatic rings. The van der Waals surface area contributed by atoms with Crippen LogP contribution in [0.4, 0.5) is 5.13 Å². The molecular weight excluding hydrogens is 292 g/mol. The van der Waals surface area contributed by atoms with Crippen molar-refractivity contribution in [3.05, 3.63) is 40.4 Å². The van der Waals surface area contributed by atoms with Crippen molar-refractivity contribution in [3.63, 3.8) is 0 Å². The van der Waals surface area contributed by atoms with Gasteiger partial charge in [0.25, 0.3) is 0 Å². The Hall–Kier alpha value is -1.68. The van der Waals surface area contributed by atoms with Gasteiger partial charge in [0.1, 0.15) is 5.75 Å². The highest BCUT2D eigenvalue weighted by molar-refractivity contribution is 7.13. The molecule has 1 aromatic carbocycles. The molecule has 0 aliphatic carbocycles. The lowest BCUT2D eigenvalue weighted by atomic mass is 9.79. The van der Waals surface area contributed by atoms with Gasteiger partial charge in [-0.25, -0.2) is 9.98 Å². The van der Waals surface area contributed by atoms with Crippen LogP contribution in [0.15, 0.2) is 28.7 Å². The summed E-state index contributed by atoms with van der Waals surface area (Å²) in [5.41, 5.74) is 2.76. The van der Waals surface area contributed by atoms with Crippen LogP contribution in [0.5, 0.6) is 5.75 Å². The molecule has 4 heteroatoms. The molecule has 0 radical (unpaired) electrons. The predicted octanol–water partition coefficient (Wildman–Crippen LogP) is 5.19. The maximum atomic E-state index is 10.6. The molecule has 0 spiro atoms. The molecule has 2 aromatic rings. The van der Waals surface area contributed by atoms with E-state index in [0.29, 0.717) is 10.9 Å². The molecule has 1 heterocycles. The van der Waals surface area contributed by atoms with E-state index in [1.54, 1.807) is 12.4 Å². The number of hydrogen-bond acceptors (Lipinski definition) is 4. The minimum atomic E-state index is -0.130. The Balaban J connectivity index is 2.57. The quantitative estimate of drug-likeness (QED) is 0.774. The number of aromatic nitrogens is 1. The average Bonchev–Trinajstić information content (AvgIpc) is 2.87. The van der Waals surface area contributed by atoms with Crippen molar-refractivity contribution in [1.82, 2.24) is 4.98 Å². The molecule has 0 saturated heterocycles. The fourth-order valence-electron chi connectivity index (χ4n) is 2.16. The molecule has 0 amide bonds. The summed E-state index contributed by atoms with van der Waals surface area (Å²) in [6.07, 6.45) is 3.43. The van der Waals surface area contributed by atoms with Crippen LogP contribution in [-0.2, 0) is 10.8 Å². The Morgan fingerprint density at radius 2 is 1.77 bits per heavy atom. The van der Waals surface area contributed by atoms with Crippen LogP contribution >= 0.6 is 11.3 Å². The van der Waals surface area contributed by atoms with Gasteiger partial charge in [0.15, 0.2) is 0 Å². The molecule has 0 atom stereocenters. The third kappa shape index (κ3) is 3.74. The molecule has 3 nitrogen and oxygen atoms in total. The van der Waals surface area contributed by atoms with Gasteiger partial charge in [-0.1, -0.05) is 47.6 Å². The number of nitrogens with zero attached hydrogens (tertiary/aromatic N) is 2. The Labute approximate surface area is 136 Å². The standard InChI is InChI=1S/C18H24N2OS/c1-17(2,3)13-9-12(11-20-16-19-7-8-22-16)15(21)14(10-13)18(4,5)6/h7-11,21H,1-6H3/b20-11+. The van der Waals surface area contributed by atoms with E-state index in [0.717, 1.165) is 11.1 Å². The van der Waals surface area contributed by atoms with Gasteiger partial charge in [-0.15, -0.1) is 11.3 Å². The van der Waals surface area contributed by atoms with Crippen LogP contribution in [0.3, 0.4) is 0 Å². The lowest BCUT2D eigenvalue weighted by Crippen LogP contribution is -2.17. The van der Waals surface area contributed by atoms with Gasteiger partial charge in [-0.2, -0.15) is 0 Å². The maximum absolute atomic E-state index is 10.6. The van der Waals surface area contributed by atoms with E-state index in [9.17, 15) is 5.11 Å². The smallest absolute Gasteiger partial charge is 0.209 e. The highest BCUT2D eigenvalue weighted by Crippen LogP contribution is 2.37. The highest BCUT2D eigenvalue weighted by atomic mass is 32.1. The van der Waals surface area contributed by atoms with Crippen molar-refractivity contribution < 1.29 is 5.11 Å². The fraction of sp³-hybridized carbons (Fsp3) is 0.444. The van der Waals surface area contributed by atoms with Gasteiger partial charge in [-0.3, -0.25) is 0 Å². The van der Waals surface area contributed by atoms with E-state index < -0.39 is 0 Å². The molecular formula is C18H24N2OS. The van der Waals surface area contributed by atoms with Crippen molar-refractivity contribution in [1.29, 1.82) is 0 Å². The fourth-order valence-corrected chi connectivity index (χ4v) is 2.64. The molecule has 1 aromatic heterocycles. The van der Waals surface area contributed by atoms with Crippen LogP contribution in [0, 0.1) is 0 Å². The first kappa shape index (κ1) is 16.7. The molecule has 0 aliphatic heterocycles. The van der Waals surface area contributed by atoms with E-state index >= 15 is 0 Å². The van der Waals surface area contributed by atoms with E-state index in [1.807, 2.05) is 11.4 Å².